The second kappa shape index (κ2) is 10.7. The van der Waals surface area contributed by atoms with Crippen molar-refractivity contribution in [3.63, 3.8) is 0 Å². The summed E-state index contributed by atoms with van der Waals surface area (Å²) >= 11 is 0. The molecule has 0 radical (unpaired) electrons. The highest BCUT2D eigenvalue weighted by molar-refractivity contribution is 7.92. The number of ether oxygens (including phenoxy) is 2. The molecule has 2 aliphatic rings. The summed E-state index contributed by atoms with van der Waals surface area (Å²) in [6.07, 6.45) is 1.91. The summed E-state index contributed by atoms with van der Waals surface area (Å²) in [5.41, 5.74) is 2.42. The van der Waals surface area contributed by atoms with E-state index in [4.69, 9.17) is 9.47 Å². The van der Waals surface area contributed by atoms with E-state index in [1.54, 1.807) is 24.0 Å². The zero-order valence-corrected chi connectivity index (χ0v) is 24.2. The van der Waals surface area contributed by atoms with Crippen molar-refractivity contribution in [3.8, 4) is 11.8 Å². The maximum atomic E-state index is 13.3. The molecule has 0 N–H and O–H groups in total. The lowest BCUT2D eigenvalue weighted by Crippen LogP contribution is -2.42. The third-order valence-electron chi connectivity index (χ3n) is 7.47. The van der Waals surface area contributed by atoms with Crippen LogP contribution in [0.2, 0.25) is 0 Å². The quantitative estimate of drug-likeness (QED) is 0.369. The van der Waals surface area contributed by atoms with Crippen LogP contribution in [-0.4, -0.2) is 50.0 Å². The number of nitriles is 1. The first-order valence-electron chi connectivity index (χ1n) is 13.7. The van der Waals surface area contributed by atoms with E-state index in [-0.39, 0.29) is 17.9 Å². The van der Waals surface area contributed by atoms with Crippen molar-refractivity contribution in [2.24, 2.45) is 0 Å². The normalized spacial score (nSPS) is 19.0. The van der Waals surface area contributed by atoms with Gasteiger partial charge in [0.2, 0.25) is 10.0 Å². The van der Waals surface area contributed by atoms with Crippen molar-refractivity contribution in [2.45, 2.75) is 64.6 Å². The zero-order chi connectivity index (χ0) is 28.7. The Balaban J connectivity index is 1.39. The number of sulfonamides is 1. The van der Waals surface area contributed by atoms with E-state index in [0.717, 1.165) is 34.7 Å². The second-order valence-electron chi connectivity index (χ2n) is 11.4. The lowest BCUT2D eigenvalue weighted by atomic mass is 9.98. The molecule has 5 rings (SSSR count). The largest absolute Gasteiger partial charge is 0.491 e. The number of rotatable bonds is 6. The van der Waals surface area contributed by atoms with Crippen molar-refractivity contribution in [1.29, 1.82) is 5.26 Å². The molecule has 40 heavy (non-hydrogen) atoms. The number of hydrogen-bond donors (Lipinski definition) is 0. The van der Waals surface area contributed by atoms with E-state index in [1.807, 2.05) is 63.2 Å². The van der Waals surface area contributed by atoms with Gasteiger partial charge < -0.3 is 14.4 Å². The van der Waals surface area contributed by atoms with Gasteiger partial charge in [0.25, 0.3) is 0 Å². The van der Waals surface area contributed by atoms with Gasteiger partial charge in [0.15, 0.2) is 0 Å². The molecular weight excluding hydrogens is 526 g/mol. The minimum absolute atomic E-state index is 0.0183. The molecule has 1 fully saturated rings. The SMILES string of the molecule is CCS(=O)(=O)N1c2ccc(OC[C@@H]3CCCN3C(=O)OC(C)(C)C)cc2C[C@@H]1c1ccc2ccc(C#N)cc2c1. The fourth-order valence-corrected chi connectivity index (χ4v) is 6.87. The van der Waals surface area contributed by atoms with Gasteiger partial charge in [0.1, 0.15) is 18.0 Å². The number of carbonyl (C=O) groups excluding carboxylic acids is 1. The standard InChI is InChI=1S/C31H35N3O5S/c1-5-40(36,37)34-28-13-12-27(38-20-26-7-6-14-33(26)30(35)39-31(2,3)4)17-25(28)18-29(34)23-11-10-22-9-8-21(19-32)15-24(22)16-23/h8-13,15-17,26,29H,5-7,14,18,20H2,1-4H3/t26-,29+/m0/s1. The van der Waals surface area contributed by atoms with Crippen LogP contribution in [-0.2, 0) is 21.2 Å². The number of likely N-dealkylation sites (tertiary alicyclic amines) is 1. The molecule has 0 unspecified atom stereocenters. The molecule has 8 nitrogen and oxygen atoms in total. The predicted molar refractivity (Wildman–Crippen MR) is 155 cm³/mol. The zero-order valence-electron chi connectivity index (χ0n) is 23.4. The van der Waals surface area contributed by atoms with Gasteiger partial charge in [-0.3, -0.25) is 4.31 Å². The van der Waals surface area contributed by atoms with E-state index in [1.165, 1.54) is 4.31 Å². The molecule has 0 saturated carbocycles. The van der Waals surface area contributed by atoms with Gasteiger partial charge in [-0.25, -0.2) is 13.2 Å². The van der Waals surface area contributed by atoms with E-state index >= 15 is 0 Å². The van der Waals surface area contributed by atoms with Gasteiger partial charge in [-0.15, -0.1) is 0 Å². The molecule has 2 atom stereocenters. The van der Waals surface area contributed by atoms with Crippen molar-refractivity contribution in [2.75, 3.05) is 23.2 Å². The van der Waals surface area contributed by atoms with Crippen LogP contribution < -0.4 is 9.04 Å². The molecule has 0 bridgehead atoms. The van der Waals surface area contributed by atoms with Gasteiger partial charge in [-0.05, 0) is 98.8 Å². The molecule has 2 heterocycles. The fraction of sp³-hybridized carbons (Fsp3) is 0.419. The van der Waals surface area contributed by atoms with E-state index in [9.17, 15) is 18.5 Å². The van der Waals surface area contributed by atoms with E-state index in [0.29, 0.717) is 36.6 Å². The third-order valence-corrected chi connectivity index (χ3v) is 9.26. The number of anilines is 1. The Bertz CT molecular complexity index is 1590. The van der Waals surface area contributed by atoms with Crippen LogP contribution in [0.25, 0.3) is 10.8 Å². The predicted octanol–water partition coefficient (Wildman–Crippen LogP) is 5.94. The number of hydrogen-bond acceptors (Lipinski definition) is 6. The summed E-state index contributed by atoms with van der Waals surface area (Å²) in [6.45, 7) is 8.19. The number of amides is 1. The lowest BCUT2D eigenvalue weighted by molar-refractivity contribution is 0.0187. The van der Waals surface area contributed by atoms with Crippen LogP contribution in [0, 0.1) is 11.3 Å². The maximum absolute atomic E-state index is 13.3. The lowest BCUT2D eigenvalue weighted by Gasteiger charge is -2.28. The highest BCUT2D eigenvalue weighted by Gasteiger charge is 2.38. The molecule has 3 aromatic carbocycles. The average Bonchev–Trinajstić information content (AvgIpc) is 3.55. The summed E-state index contributed by atoms with van der Waals surface area (Å²) in [7, 11) is -3.56. The maximum Gasteiger partial charge on any atom is 0.410 e. The molecule has 0 spiro atoms. The topological polar surface area (TPSA) is 99.9 Å². The summed E-state index contributed by atoms with van der Waals surface area (Å²) < 4.78 is 39.8. The van der Waals surface area contributed by atoms with Crippen molar-refractivity contribution in [1.82, 2.24) is 4.90 Å². The highest BCUT2D eigenvalue weighted by Crippen LogP contribution is 2.44. The monoisotopic (exact) mass is 561 g/mol. The van der Waals surface area contributed by atoms with Crippen molar-refractivity contribution in [3.05, 3.63) is 71.3 Å². The van der Waals surface area contributed by atoms with Gasteiger partial charge in [0.05, 0.1) is 35.2 Å². The third kappa shape index (κ3) is 5.59. The molecule has 1 saturated heterocycles. The minimum atomic E-state index is -3.56. The van der Waals surface area contributed by atoms with Crippen LogP contribution >= 0.6 is 0 Å². The summed E-state index contributed by atoms with van der Waals surface area (Å²) in [4.78, 5) is 14.4. The highest BCUT2D eigenvalue weighted by atomic mass is 32.2. The first-order valence-corrected chi connectivity index (χ1v) is 15.3. The molecular formula is C31H35N3O5S. The van der Waals surface area contributed by atoms with Crippen LogP contribution in [0.15, 0.2) is 54.6 Å². The van der Waals surface area contributed by atoms with Crippen LogP contribution in [0.5, 0.6) is 5.75 Å². The second-order valence-corrected chi connectivity index (χ2v) is 13.6. The van der Waals surface area contributed by atoms with Crippen molar-refractivity contribution < 1.29 is 22.7 Å². The summed E-state index contributed by atoms with van der Waals surface area (Å²) in [5, 5.41) is 11.2. The molecule has 3 aromatic rings. The number of fused-ring (bicyclic) bond motifs is 2. The first-order chi connectivity index (χ1) is 19.0. The molecule has 0 aromatic heterocycles. The molecule has 9 heteroatoms. The Hall–Kier alpha value is -3.77. The van der Waals surface area contributed by atoms with Gasteiger partial charge in [-0.2, -0.15) is 5.26 Å². The fourth-order valence-electron chi connectivity index (χ4n) is 5.53. The Morgan fingerprint density at radius 2 is 1.85 bits per heavy atom. The van der Waals surface area contributed by atoms with Crippen LogP contribution in [0.1, 0.15) is 63.3 Å². The minimum Gasteiger partial charge on any atom is -0.491 e. The number of benzene rings is 3. The number of carbonyl (C=O) groups is 1. The molecule has 2 aliphatic heterocycles. The molecule has 0 aliphatic carbocycles. The Kier molecular flexibility index (Phi) is 7.40. The van der Waals surface area contributed by atoms with Crippen molar-refractivity contribution >= 4 is 32.6 Å². The Labute approximate surface area is 236 Å². The Morgan fingerprint density at radius 3 is 2.58 bits per heavy atom. The van der Waals surface area contributed by atoms with Crippen LogP contribution in [0.4, 0.5) is 10.5 Å². The molecule has 1 amide bonds. The van der Waals surface area contributed by atoms with E-state index in [2.05, 4.69) is 6.07 Å². The number of nitrogens with zero attached hydrogens (tertiary/aromatic N) is 3. The van der Waals surface area contributed by atoms with Gasteiger partial charge >= 0.3 is 6.09 Å². The van der Waals surface area contributed by atoms with E-state index < -0.39 is 21.7 Å². The average molecular weight is 562 g/mol. The first kappa shape index (κ1) is 27.8. The summed E-state index contributed by atoms with van der Waals surface area (Å²) in [5.74, 6) is 0.622. The Morgan fingerprint density at radius 1 is 1.07 bits per heavy atom. The van der Waals surface area contributed by atoms with Gasteiger partial charge in [0, 0.05) is 13.0 Å². The molecule has 210 valence electrons. The van der Waals surface area contributed by atoms with Gasteiger partial charge in [-0.1, -0.05) is 18.2 Å². The summed E-state index contributed by atoms with van der Waals surface area (Å²) in [6, 6.07) is 18.6. The van der Waals surface area contributed by atoms with Crippen LogP contribution in [0.3, 0.4) is 0 Å². The smallest absolute Gasteiger partial charge is 0.410 e.